The minimum absolute atomic E-state index is 0.0250. The lowest BCUT2D eigenvalue weighted by molar-refractivity contribution is -0.116. The Morgan fingerprint density at radius 2 is 1.70 bits per heavy atom. The van der Waals surface area contributed by atoms with Crippen molar-refractivity contribution >= 4 is 22.9 Å². The molecule has 0 atom stereocenters. The molecule has 3 rings (SSSR count). The minimum Gasteiger partial charge on any atom is -0.494 e. The number of nitrogens with zero attached hydrogens (tertiary/aromatic N) is 1. The molecule has 0 saturated carbocycles. The van der Waals surface area contributed by atoms with Gasteiger partial charge in [-0.3, -0.25) is 9.59 Å². The van der Waals surface area contributed by atoms with Crippen molar-refractivity contribution in [2.24, 2.45) is 0 Å². The number of aromatic nitrogens is 1. The summed E-state index contributed by atoms with van der Waals surface area (Å²) in [5.74, 6) is 0.968. The predicted octanol–water partition coefficient (Wildman–Crippen LogP) is 4.77. The quantitative estimate of drug-likeness (QED) is 0.529. The summed E-state index contributed by atoms with van der Waals surface area (Å²) in [5.41, 5.74) is 3.43. The van der Waals surface area contributed by atoms with E-state index in [4.69, 9.17) is 4.74 Å². The van der Waals surface area contributed by atoms with Crippen molar-refractivity contribution in [1.82, 2.24) is 4.98 Å². The average molecular weight is 379 g/mol. The lowest BCUT2D eigenvalue weighted by Crippen LogP contribution is -2.04. The molecule has 0 aliphatic carbocycles. The van der Waals surface area contributed by atoms with Crippen molar-refractivity contribution in [2.45, 2.75) is 26.7 Å². The Bertz CT molecular complexity index is 927. The molecule has 0 unspecified atom stereocenters. The lowest BCUT2D eigenvalue weighted by atomic mass is 10.0. The van der Waals surface area contributed by atoms with Gasteiger partial charge in [0.2, 0.25) is 0 Å². The molecule has 1 aromatic heterocycles. The van der Waals surface area contributed by atoms with E-state index in [1.165, 1.54) is 11.3 Å². The summed E-state index contributed by atoms with van der Waals surface area (Å²) in [6.45, 7) is 4.15. The van der Waals surface area contributed by atoms with E-state index in [1.807, 2.05) is 48.7 Å². The fourth-order valence-electron chi connectivity index (χ4n) is 2.75. The van der Waals surface area contributed by atoms with E-state index in [2.05, 4.69) is 4.98 Å². The van der Waals surface area contributed by atoms with Gasteiger partial charge in [-0.15, -0.1) is 11.3 Å². The van der Waals surface area contributed by atoms with Crippen molar-refractivity contribution < 1.29 is 14.3 Å². The Balaban J connectivity index is 1.66. The summed E-state index contributed by atoms with van der Waals surface area (Å²) in [7, 11) is 0. The molecular weight excluding hydrogens is 358 g/mol. The number of ketones is 2. The highest BCUT2D eigenvalue weighted by Gasteiger charge is 2.12. The number of ether oxygens (including phenoxy) is 1. The van der Waals surface area contributed by atoms with E-state index in [9.17, 15) is 9.59 Å². The SMILES string of the molecule is CCOc1ccc(-c2csc(CC(=O)c3ccc(CC(C)=O)cc3)n2)cc1. The van der Waals surface area contributed by atoms with Crippen LogP contribution in [0.1, 0.15) is 34.8 Å². The molecule has 0 aliphatic heterocycles. The van der Waals surface area contributed by atoms with Gasteiger partial charge in [0.05, 0.1) is 18.7 Å². The molecule has 0 aliphatic rings. The van der Waals surface area contributed by atoms with Gasteiger partial charge in [-0.05, 0) is 43.7 Å². The maximum Gasteiger partial charge on any atom is 0.169 e. The Morgan fingerprint density at radius 3 is 2.33 bits per heavy atom. The fraction of sp³-hybridized carbons (Fsp3) is 0.227. The minimum atomic E-state index is 0.0250. The van der Waals surface area contributed by atoms with Crippen molar-refractivity contribution in [1.29, 1.82) is 0 Å². The van der Waals surface area contributed by atoms with E-state index < -0.39 is 0 Å². The highest BCUT2D eigenvalue weighted by Crippen LogP contribution is 2.25. The maximum absolute atomic E-state index is 12.5. The first kappa shape index (κ1) is 19.0. The Labute approximate surface area is 162 Å². The van der Waals surface area contributed by atoms with Gasteiger partial charge in [-0.1, -0.05) is 24.3 Å². The van der Waals surface area contributed by atoms with Crippen LogP contribution in [0.2, 0.25) is 0 Å². The van der Waals surface area contributed by atoms with Gasteiger partial charge in [0.15, 0.2) is 5.78 Å². The van der Waals surface area contributed by atoms with Crippen LogP contribution in [-0.2, 0) is 17.6 Å². The number of carbonyl (C=O) groups excluding carboxylic acids is 2. The zero-order chi connectivity index (χ0) is 19.2. The smallest absolute Gasteiger partial charge is 0.169 e. The fourth-order valence-corrected chi connectivity index (χ4v) is 3.55. The zero-order valence-electron chi connectivity index (χ0n) is 15.4. The molecule has 138 valence electrons. The molecule has 2 aromatic carbocycles. The molecular formula is C22H21NO3S. The monoisotopic (exact) mass is 379 g/mol. The summed E-state index contributed by atoms with van der Waals surface area (Å²) in [4.78, 5) is 28.2. The van der Waals surface area contributed by atoms with Crippen molar-refractivity contribution in [3.05, 3.63) is 70.0 Å². The molecule has 27 heavy (non-hydrogen) atoms. The largest absolute Gasteiger partial charge is 0.494 e. The molecule has 0 saturated heterocycles. The first-order valence-corrected chi connectivity index (χ1v) is 9.72. The summed E-state index contributed by atoms with van der Waals surface area (Å²) < 4.78 is 5.45. The van der Waals surface area contributed by atoms with Crippen LogP contribution in [0.5, 0.6) is 5.75 Å². The first-order valence-electron chi connectivity index (χ1n) is 8.84. The van der Waals surface area contributed by atoms with Crippen LogP contribution < -0.4 is 4.74 Å². The van der Waals surface area contributed by atoms with Gasteiger partial charge in [0, 0.05) is 22.9 Å². The lowest BCUT2D eigenvalue weighted by Gasteiger charge is -2.03. The highest BCUT2D eigenvalue weighted by molar-refractivity contribution is 7.10. The first-order chi connectivity index (χ1) is 13.0. The summed E-state index contributed by atoms with van der Waals surface area (Å²) in [6, 6.07) is 15.0. The molecule has 0 amide bonds. The van der Waals surface area contributed by atoms with Crippen molar-refractivity contribution in [2.75, 3.05) is 6.61 Å². The molecule has 0 bridgehead atoms. The molecule has 0 fully saturated rings. The van der Waals surface area contributed by atoms with Crippen LogP contribution in [-0.4, -0.2) is 23.2 Å². The number of thiazole rings is 1. The van der Waals surface area contributed by atoms with E-state index in [0.717, 1.165) is 27.6 Å². The Hall–Kier alpha value is -2.79. The van der Waals surface area contributed by atoms with E-state index >= 15 is 0 Å². The van der Waals surface area contributed by atoms with Crippen molar-refractivity contribution in [3.8, 4) is 17.0 Å². The van der Waals surface area contributed by atoms with Crippen LogP contribution in [0.3, 0.4) is 0 Å². The number of Topliss-reactive ketones (excluding diaryl/α,β-unsaturated/α-hetero) is 2. The third kappa shape index (κ3) is 5.11. The molecule has 4 nitrogen and oxygen atoms in total. The number of rotatable bonds is 8. The maximum atomic E-state index is 12.5. The summed E-state index contributed by atoms with van der Waals surface area (Å²) >= 11 is 1.49. The summed E-state index contributed by atoms with van der Waals surface area (Å²) in [6.07, 6.45) is 0.667. The van der Waals surface area contributed by atoms with E-state index in [1.54, 1.807) is 19.1 Å². The normalized spacial score (nSPS) is 10.6. The highest BCUT2D eigenvalue weighted by atomic mass is 32.1. The average Bonchev–Trinajstić information content (AvgIpc) is 3.11. The van der Waals surface area contributed by atoms with Crippen molar-refractivity contribution in [3.63, 3.8) is 0 Å². The van der Waals surface area contributed by atoms with Gasteiger partial charge in [-0.2, -0.15) is 0 Å². The molecule has 3 aromatic rings. The second kappa shape index (κ2) is 8.73. The predicted molar refractivity (Wildman–Crippen MR) is 108 cm³/mol. The molecule has 1 heterocycles. The number of carbonyl (C=O) groups is 2. The number of hydrogen-bond donors (Lipinski definition) is 0. The second-order valence-electron chi connectivity index (χ2n) is 6.26. The van der Waals surface area contributed by atoms with Crippen LogP contribution in [0.4, 0.5) is 0 Å². The van der Waals surface area contributed by atoms with Gasteiger partial charge >= 0.3 is 0 Å². The zero-order valence-corrected chi connectivity index (χ0v) is 16.2. The van der Waals surface area contributed by atoms with Crippen LogP contribution in [0.25, 0.3) is 11.3 Å². The topological polar surface area (TPSA) is 56.3 Å². The van der Waals surface area contributed by atoms with Crippen LogP contribution >= 0.6 is 11.3 Å². The number of benzene rings is 2. The third-order valence-electron chi connectivity index (χ3n) is 4.05. The van der Waals surface area contributed by atoms with Gasteiger partial charge in [0.1, 0.15) is 16.5 Å². The van der Waals surface area contributed by atoms with Gasteiger partial charge in [0.25, 0.3) is 0 Å². The van der Waals surface area contributed by atoms with Crippen LogP contribution in [0, 0.1) is 0 Å². The summed E-state index contributed by atoms with van der Waals surface area (Å²) in [5, 5.41) is 2.76. The molecule has 0 spiro atoms. The Morgan fingerprint density at radius 1 is 1.00 bits per heavy atom. The van der Waals surface area contributed by atoms with E-state index in [0.29, 0.717) is 18.6 Å². The molecule has 5 heteroatoms. The van der Waals surface area contributed by atoms with Gasteiger partial charge in [-0.25, -0.2) is 4.98 Å². The van der Waals surface area contributed by atoms with Crippen LogP contribution in [0.15, 0.2) is 53.9 Å². The van der Waals surface area contributed by atoms with Gasteiger partial charge < -0.3 is 4.74 Å². The molecule has 0 radical (unpaired) electrons. The Kier molecular flexibility index (Phi) is 6.14. The second-order valence-corrected chi connectivity index (χ2v) is 7.20. The number of hydrogen-bond acceptors (Lipinski definition) is 5. The van der Waals surface area contributed by atoms with E-state index in [-0.39, 0.29) is 18.0 Å². The third-order valence-corrected chi connectivity index (χ3v) is 4.90. The standard InChI is InChI=1S/C22H21NO3S/c1-3-26-19-10-8-17(9-11-19)20-14-27-22(23-20)13-21(25)18-6-4-16(5-7-18)12-15(2)24/h4-11,14H,3,12-13H2,1-2H3. The molecule has 0 N–H and O–H groups in total.